The first kappa shape index (κ1) is 15.6. The van der Waals surface area contributed by atoms with Crippen LogP contribution in [0.2, 0.25) is 0 Å². The van der Waals surface area contributed by atoms with E-state index in [1.165, 1.54) is 0 Å². The van der Waals surface area contributed by atoms with Gasteiger partial charge in [-0.1, -0.05) is 13.8 Å². The van der Waals surface area contributed by atoms with Gasteiger partial charge < -0.3 is 9.88 Å². The van der Waals surface area contributed by atoms with Gasteiger partial charge in [0.2, 0.25) is 0 Å². The van der Waals surface area contributed by atoms with Crippen molar-refractivity contribution in [2.45, 2.75) is 59.0 Å². The van der Waals surface area contributed by atoms with Gasteiger partial charge >= 0.3 is 0 Å². The molecule has 6 heteroatoms. The van der Waals surface area contributed by atoms with E-state index in [0.29, 0.717) is 11.4 Å². The maximum absolute atomic E-state index is 12.7. The second kappa shape index (κ2) is 6.10. The highest BCUT2D eigenvalue weighted by molar-refractivity contribution is 5.95. The molecule has 6 nitrogen and oxygen atoms in total. The number of carbonyl (C=O) groups excluding carboxylic acids is 1. The predicted octanol–water partition coefficient (Wildman–Crippen LogP) is 2.16. The number of carbonyl (C=O) groups is 1. The van der Waals surface area contributed by atoms with Gasteiger partial charge in [-0.25, -0.2) is 15.0 Å². The van der Waals surface area contributed by atoms with Crippen molar-refractivity contribution in [2.75, 3.05) is 0 Å². The Balaban J connectivity index is 1.75. The standard InChI is InChI=1S/C17H23N5O/c1-10(2)16-14(7-18-12(4)20-16)17(23)21-13-5-6-15-19-11(3)8-22(15)9-13/h7-8,10,13H,5-6,9H2,1-4H3,(H,21,23)/t13-/m1/s1. The van der Waals surface area contributed by atoms with Crippen LogP contribution in [0.15, 0.2) is 12.4 Å². The Hall–Kier alpha value is -2.24. The first-order chi connectivity index (χ1) is 10.9. The van der Waals surface area contributed by atoms with E-state index in [9.17, 15) is 4.79 Å². The lowest BCUT2D eigenvalue weighted by molar-refractivity contribution is 0.0925. The Bertz CT molecular complexity index is 735. The molecule has 23 heavy (non-hydrogen) atoms. The molecule has 0 spiro atoms. The largest absolute Gasteiger partial charge is 0.347 e. The molecule has 3 rings (SSSR count). The fraction of sp³-hybridized carbons (Fsp3) is 0.529. The van der Waals surface area contributed by atoms with E-state index in [-0.39, 0.29) is 17.9 Å². The molecule has 0 radical (unpaired) electrons. The highest BCUT2D eigenvalue weighted by Crippen LogP contribution is 2.19. The minimum Gasteiger partial charge on any atom is -0.347 e. The predicted molar refractivity (Wildman–Crippen MR) is 87.4 cm³/mol. The normalized spacial score (nSPS) is 17.2. The summed E-state index contributed by atoms with van der Waals surface area (Å²) in [5, 5.41) is 3.13. The van der Waals surface area contributed by atoms with E-state index >= 15 is 0 Å². The number of rotatable bonds is 3. The van der Waals surface area contributed by atoms with Gasteiger partial charge in [-0.2, -0.15) is 0 Å². The highest BCUT2D eigenvalue weighted by atomic mass is 16.1. The highest BCUT2D eigenvalue weighted by Gasteiger charge is 2.23. The molecule has 1 aliphatic rings. The molecule has 0 unspecified atom stereocenters. The number of hydrogen-bond acceptors (Lipinski definition) is 4. The zero-order chi connectivity index (χ0) is 16.6. The summed E-state index contributed by atoms with van der Waals surface area (Å²) in [6.45, 7) is 8.69. The number of hydrogen-bond donors (Lipinski definition) is 1. The van der Waals surface area contributed by atoms with Crippen LogP contribution in [0.1, 0.15) is 59.6 Å². The lowest BCUT2D eigenvalue weighted by Crippen LogP contribution is -2.41. The Morgan fingerprint density at radius 2 is 2.13 bits per heavy atom. The van der Waals surface area contributed by atoms with E-state index in [2.05, 4.69) is 24.8 Å². The SMILES string of the molecule is Cc1cn2c(n1)CC[C@@H](NC(=O)c1cnc(C)nc1C(C)C)C2. The van der Waals surface area contributed by atoms with Crippen LogP contribution in [0.5, 0.6) is 0 Å². The summed E-state index contributed by atoms with van der Waals surface area (Å²) in [4.78, 5) is 25.8. The molecular formula is C17H23N5O. The van der Waals surface area contributed by atoms with Crippen molar-refractivity contribution in [1.29, 1.82) is 0 Å². The summed E-state index contributed by atoms with van der Waals surface area (Å²) in [7, 11) is 0. The monoisotopic (exact) mass is 313 g/mol. The van der Waals surface area contributed by atoms with Crippen molar-refractivity contribution >= 4 is 5.91 Å². The zero-order valence-corrected chi connectivity index (χ0v) is 14.1. The minimum absolute atomic E-state index is 0.0843. The Labute approximate surface area is 136 Å². The van der Waals surface area contributed by atoms with E-state index in [4.69, 9.17) is 0 Å². The summed E-state index contributed by atoms with van der Waals surface area (Å²) in [6, 6.07) is 0.116. The number of imidazole rings is 1. The molecule has 0 saturated carbocycles. The fourth-order valence-corrected chi connectivity index (χ4v) is 3.07. The second-order valence-electron chi connectivity index (χ2n) is 6.53. The maximum atomic E-state index is 12.7. The van der Waals surface area contributed by atoms with Crippen LogP contribution < -0.4 is 5.32 Å². The average molecular weight is 313 g/mol. The number of amides is 1. The van der Waals surface area contributed by atoms with Gasteiger partial charge in [0.1, 0.15) is 11.6 Å². The van der Waals surface area contributed by atoms with E-state index < -0.39 is 0 Å². The molecule has 0 aromatic carbocycles. The molecule has 1 N–H and O–H groups in total. The summed E-state index contributed by atoms with van der Waals surface area (Å²) < 4.78 is 2.14. The second-order valence-corrected chi connectivity index (χ2v) is 6.53. The number of aromatic nitrogens is 4. The van der Waals surface area contributed by atoms with Gasteiger partial charge in [-0.3, -0.25) is 4.79 Å². The van der Waals surface area contributed by atoms with Crippen molar-refractivity contribution < 1.29 is 4.79 Å². The van der Waals surface area contributed by atoms with Crippen molar-refractivity contribution in [3.05, 3.63) is 41.0 Å². The van der Waals surface area contributed by atoms with E-state index in [1.54, 1.807) is 6.20 Å². The molecule has 3 heterocycles. The molecule has 122 valence electrons. The van der Waals surface area contributed by atoms with Crippen LogP contribution in [0.4, 0.5) is 0 Å². The van der Waals surface area contributed by atoms with Crippen LogP contribution in [0.3, 0.4) is 0 Å². The number of fused-ring (bicyclic) bond motifs is 1. The van der Waals surface area contributed by atoms with Crippen molar-refractivity contribution in [2.24, 2.45) is 0 Å². The third kappa shape index (κ3) is 3.25. The van der Waals surface area contributed by atoms with Gasteiger partial charge in [-0.15, -0.1) is 0 Å². The third-order valence-corrected chi connectivity index (χ3v) is 4.18. The van der Waals surface area contributed by atoms with Crippen LogP contribution in [-0.2, 0) is 13.0 Å². The summed E-state index contributed by atoms with van der Waals surface area (Å²) >= 11 is 0. The number of aryl methyl sites for hydroxylation is 3. The molecule has 2 aromatic heterocycles. The number of nitrogens with zero attached hydrogens (tertiary/aromatic N) is 4. The fourth-order valence-electron chi connectivity index (χ4n) is 3.07. The molecule has 0 bridgehead atoms. The van der Waals surface area contributed by atoms with Crippen LogP contribution >= 0.6 is 0 Å². The van der Waals surface area contributed by atoms with Gasteiger partial charge in [0.05, 0.1) is 17.0 Å². The lowest BCUT2D eigenvalue weighted by Gasteiger charge is -2.25. The Kier molecular flexibility index (Phi) is 4.15. The van der Waals surface area contributed by atoms with Crippen molar-refractivity contribution in [3.8, 4) is 0 Å². The maximum Gasteiger partial charge on any atom is 0.254 e. The Morgan fingerprint density at radius 3 is 2.87 bits per heavy atom. The molecule has 1 amide bonds. The van der Waals surface area contributed by atoms with E-state index in [1.807, 2.05) is 33.9 Å². The minimum atomic E-state index is -0.0843. The Morgan fingerprint density at radius 1 is 1.35 bits per heavy atom. The van der Waals surface area contributed by atoms with Gasteiger partial charge in [0, 0.05) is 31.4 Å². The molecule has 1 atom stereocenters. The molecule has 2 aromatic rings. The third-order valence-electron chi connectivity index (χ3n) is 4.18. The summed E-state index contributed by atoms with van der Waals surface area (Å²) in [6.07, 6.45) is 5.48. The number of nitrogens with one attached hydrogen (secondary N) is 1. The molecular weight excluding hydrogens is 290 g/mol. The quantitative estimate of drug-likeness (QED) is 0.942. The smallest absolute Gasteiger partial charge is 0.254 e. The van der Waals surface area contributed by atoms with Crippen molar-refractivity contribution in [3.63, 3.8) is 0 Å². The van der Waals surface area contributed by atoms with E-state index in [0.717, 1.165) is 36.6 Å². The van der Waals surface area contributed by atoms with Gasteiger partial charge in [-0.05, 0) is 26.2 Å². The van der Waals surface area contributed by atoms with Crippen LogP contribution in [0, 0.1) is 13.8 Å². The average Bonchev–Trinajstić information content (AvgIpc) is 2.86. The summed E-state index contributed by atoms with van der Waals surface area (Å²) in [5.74, 6) is 1.90. The molecule has 0 fully saturated rings. The first-order valence-electron chi connectivity index (χ1n) is 8.11. The summed E-state index contributed by atoms with van der Waals surface area (Å²) in [5.41, 5.74) is 2.42. The molecule has 0 aliphatic carbocycles. The van der Waals surface area contributed by atoms with Crippen LogP contribution in [-0.4, -0.2) is 31.5 Å². The molecule has 0 saturated heterocycles. The van der Waals surface area contributed by atoms with Gasteiger partial charge in [0.25, 0.3) is 5.91 Å². The van der Waals surface area contributed by atoms with Crippen molar-refractivity contribution in [1.82, 2.24) is 24.8 Å². The molecule has 1 aliphatic heterocycles. The van der Waals surface area contributed by atoms with Crippen LogP contribution in [0.25, 0.3) is 0 Å². The van der Waals surface area contributed by atoms with Gasteiger partial charge in [0.15, 0.2) is 0 Å². The first-order valence-corrected chi connectivity index (χ1v) is 8.11. The zero-order valence-electron chi connectivity index (χ0n) is 14.1. The topological polar surface area (TPSA) is 72.7 Å². The lowest BCUT2D eigenvalue weighted by atomic mass is 10.0.